The lowest BCUT2D eigenvalue weighted by Gasteiger charge is -1.96. The zero-order chi connectivity index (χ0) is 15.0. The van der Waals surface area contributed by atoms with Gasteiger partial charge >= 0.3 is 5.97 Å². The average molecular weight is 399 g/mol. The van der Waals surface area contributed by atoms with Gasteiger partial charge in [-0.3, -0.25) is 4.79 Å². The maximum absolute atomic E-state index is 12.5. The molecule has 2 heterocycles. The van der Waals surface area contributed by atoms with Gasteiger partial charge in [0.05, 0.1) is 12.7 Å². The predicted octanol–water partition coefficient (Wildman–Crippen LogP) is 3.46. The first kappa shape index (κ1) is 16.8. The van der Waals surface area contributed by atoms with Crippen LogP contribution in [0.5, 0.6) is 0 Å². The Bertz CT molecular complexity index is 859. The minimum absolute atomic E-state index is 0. The molecular formula is C14H12BrN2O3PS. The molecule has 5 nitrogen and oxygen atoms in total. The largest absolute Gasteiger partial charge is 0.464 e. The molecule has 114 valence electrons. The van der Waals surface area contributed by atoms with Crippen molar-refractivity contribution in [2.24, 2.45) is 0 Å². The number of aromatic amines is 1. The van der Waals surface area contributed by atoms with Crippen LogP contribution in [-0.4, -0.2) is 28.8 Å². The van der Waals surface area contributed by atoms with Gasteiger partial charge in [0.2, 0.25) is 5.78 Å². The number of methoxy groups -OCH3 is 1. The lowest BCUT2D eigenvalue weighted by molar-refractivity contribution is 0.0595. The number of fused-ring (bicyclic) bond motifs is 1. The summed E-state index contributed by atoms with van der Waals surface area (Å²) in [4.78, 5) is 31.0. The number of ether oxygens (including phenoxy) is 1. The van der Waals surface area contributed by atoms with Crippen molar-refractivity contribution in [2.75, 3.05) is 7.11 Å². The number of halogens is 1. The molecule has 1 unspecified atom stereocenters. The molecule has 1 aromatic carbocycles. The van der Waals surface area contributed by atoms with Crippen molar-refractivity contribution in [1.29, 1.82) is 0 Å². The van der Waals surface area contributed by atoms with Gasteiger partial charge in [-0.1, -0.05) is 15.9 Å². The normalized spacial score (nSPS) is 10.3. The predicted molar refractivity (Wildman–Crippen MR) is 94.0 cm³/mol. The van der Waals surface area contributed by atoms with E-state index in [4.69, 9.17) is 0 Å². The fourth-order valence-corrected chi connectivity index (χ4v) is 3.07. The Labute approximate surface area is 141 Å². The molecule has 0 spiro atoms. The molecule has 0 aliphatic rings. The van der Waals surface area contributed by atoms with E-state index in [0.717, 1.165) is 26.7 Å². The summed E-state index contributed by atoms with van der Waals surface area (Å²) >= 11 is 4.52. The van der Waals surface area contributed by atoms with Crippen LogP contribution in [-0.2, 0) is 4.74 Å². The van der Waals surface area contributed by atoms with Crippen molar-refractivity contribution in [3.63, 3.8) is 0 Å². The SMILES string of the molecule is COC(=O)c1csc(C(=O)c2c[nH]c3ccc(Br)cc23)n1.P. The fraction of sp³-hybridized carbons (Fsp3) is 0.0714. The molecule has 3 rings (SSSR count). The number of nitrogens with one attached hydrogen (secondary N) is 1. The Morgan fingerprint density at radius 3 is 2.86 bits per heavy atom. The Morgan fingerprint density at radius 2 is 2.14 bits per heavy atom. The molecule has 1 N–H and O–H groups in total. The molecule has 0 aliphatic heterocycles. The summed E-state index contributed by atoms with van der Waals surface area (Å²) < 4.78 is 5.47. The number of ketones is 1. The number of aromatic nitrogens is 2. The highest BCUT2D eigenvalue weighted by Crippen LogP contribution is 2.25. The third kappa shape index (κ3) is 2.97. The minimum Gasteiger partial charge on any atom is -0.464 e. The quantitative estimate of drug-likeness (QED) is 0.416. The summed E-state index contributed by atoms with van der Waals surface area (Å²) in [7, 11) is 1.28. The Hall–Kier alpha value is -1.56. The van der Waals surface area contributed by atoms with Gasteiger partial charge in [0.1, 0.15) is 0 Å². The summed E-state index contributed by atoms with van der Waals surface area (Å²) in [5, 5.41) is 2.59. The van der Waals surface area contributed by atoms with Crippen LogP contribution in [0, 0.1) is 0 Å². The van der Waals surface area contributed by atoms with Gasteiger partial charge in [0, 0.05) is 27.0 Å². The van der Waals surface area contributed by atoms with Crippen molar-refractivity contribution in [3.05, 3.63) is 50.5 Å². The van der Waals surface area contributed by atoms with Gasteiger partial charge < -0.3 is 9.72 Å². The van der Waals surface area contributed by atoms with Gasteiger partial charge in [-0.15, -0.1) is 11.3 Å². The van der Waals surface area contributed by atoms with Crippen LogP contribution in [0.25, 0.3) is 10.9 Å². The number of rotatable bonds is 3. The first-order chi connectivity index (χ1) is 10.1. The Morgan fingerprint density at radius 1 is 1.36 bits per heavy atom. The molecule has 1 atom stereocenters. The maximum atomic E-state index is 12.5. The highest BCUT2D eigenvalue weighted by Gasteiger charge is 2.20. The number of benzene rings is 1. The highest BCUT2D eigenvalue weighted by molar-refractivity contribution is 9.10. The van der Waals surface area contributed by atoms with E-state index in [1.165, 1.54) is 12.5 Å². The molecule has 0 bridgehead atoms. The Kier molecular flexibility index (Phi) is 5.11. The van der Waals surface area contributed by atoms with Crippen LogP contribution in [0.2, 0.25) is 0 Å². The second-order valence-corrected chi connectivity index (χ2v) is 6.02. The van der Waals surface area contributed by atoms with Crippen LogP contribution < -0.4 is 0 Å². The third-order valence-electron chi connectivity index (χ3n) is 2.98. The van der Waals surface area contributed by atoms with E-state index in [-0.39, 0.29) is 26.4 Å². The monoisotopic (exact) mass is 398 g/mol. The standard InChI is InChI=1S/C14H9BrN2O3S.H3P/c1-20-14(19)11-6-21-13(17-11)12(18)9-5-16-10-3-2-7(15)4-8(9)10;/h2-6,16H,1H3;1H3. The van der Waals surface area contributed by atoms with Gasteiger partial charge in [-0.25, -0.2) is 9.78 Å². The minimum atomic E-state index is -0.549. The molecule has 0 saturated heterocycles. The number of thiazole rings is 1. The van der Waals surface area contributed by atoms with E-state index in [1.54, 1.807) is 6.20 Å². The van der Waals surface area contributed by atoms with Crippen molar-refractivity contribution >= 4 is 59.8 Å². The van der Waals surface area contributed by atoms with E-state index in [0.29, 0.717) is 5.56 Å². The first-order valence-corrected chi connectivity index (χ1v) is 7.62. The van der Waals surface area contributed by atoms with Crippen molar-refractivity contribution in [3.8, 4) is 0 Å². The van der Waals surface area contributed by atoms with Crippen LogP contribution >= 0.6 is 37.2 Å². The topological polar surface area (TPSA) is 72.1 Å². The van der Waals surface area contributed by atoms with E-state index in [1.807, 2.05) is 18.2 Å². The van der Waals surface area contributed by atoms with Gasteiger partial charge in [0.15, 0.2) is 10.7 Å². The number of esters is 1. The van der Waals surface area contributed by atoms with Crippen molar-refractivity contribution in [1.82, 2.24) is 9.97 Å². The Balaban J connectivity index is 0.00000176. The summed E-state index contributed by atoms with van der Waals surface area (Å²) in [5.74, 6) is -0.772. The zero-order valence-corrected chi connectivity index (χ0v) is 15.4. The van der Waals surface area contributed by atoms with E-state index >= 15 is 0 Å². The van der Waals surface area contributed by atoms with Gasteiger partial charge in [0.25, 0.3) is 0 Å². The van der Waals surface area contributed by atoms with Gasteiger partial charge in [-0.05, 0) is 18.2 Å². The number of hydrogen-bond acceptors (Lipinski definition) is 5. The summed E-state index contributed by atoms with van der Waals surface area (Å²) in [6.45, 7) is 0. The number of hydrogen-bond donors (Lipinski definition) is 1. The van der Waals surface area contributed by atoms with E-state index in [9.17, 15) is 9.59 Å². The number of nitrogens with zero attached hydrogens (tertiary/aromatic N) is 1. The smallest absolute Gasteiger partial charge is 0.357 e. The molecule has 8 heteroatoms. The van der Waals surface area contributed by atoms with Gasteiger partial charge in [-0.2, -0.15) is 9.90 Å². The second kappa shape index (κ2) is 6.69. The van der Waals surface area contributed by atoms with E-state index in [2.05, 4.69) is 30.6 Å². The molecular weight excluding hydrogens is 387 g/mol. The van der Waals surface area contributed by atoms with E-state index < -0.39 is 5.97 Å². The number of H-pyrrole nitrogens is 1. The molecule has 2 aromatic heterocycles. The summed E-state index contributed by atoms with van der Waals surface area (Å²) in [6.07, 6.45) is 1.65. The van der Waals surface area contributed by atoms with Crippen molar-refractivity contribution in [2.45, 2.75) is 0 Å². The first-order valence-electron chi connectivity index (χ1n) is 5.95. The zero-order valence-electron chi connectivity index (χ0n) is 11.6. The molecule has 0 aliphatic carbocycles. The van der Waals surface area contributed by atoms with Crippen LogP contribution in [0.1, 0.15) is 25.9 Å². The lowest BCUT2D eigenvalue weighted by atomic mass is 10.1. The summed E-state index contributed by atoms with van der Waals surface area (Å²) in [5.41, 5.74) is 1.54. The van der Waals surface area contributed by atoms with Crippen molar-refractivity contribution < 1.29 is 14.3 Å². The molecule has 22 heavy (non-hydrogen) atoms. The summed E-state index contributed by atoms with van der Waals surface area (Å²) in [6, 6.07) is 5.65. The molecule has 0 fully saturated rings. The molecule has 0 radical (unpaired) electrons. The second-order valence-electron chi connectivity index (χ2n) is 4.25. The number of carbonyl (C=O) groups is 2. The molecule has 3 aromatic rings. The molecule has 0 amide bonds. The maximum Gasteiger partial charge on any atom is 0.357 e. The number of carbonyl (C=O) groups excluding carboxylic acids is 2. The van der Waals surface area contributed by atoms with Crippen LogP contribution in [0.15, 0.2) is 34.2 Å². The average Bonchev–Trinajstić information content (AvgIpc) is 3.12. The van der Waals surface area contributed by atoms with Crippen LogP contribution in [0.3, 0.4) is 0 Å². The van der Waals surface area contributed by atoms with Crippen LogP contribution in [0.4, 0.5) is 0 Å². The lowest BCUT2D eigenvalue weighted by Crippen LogP contribution is -2.04. The fourth-order valence-electron chi connectivity index (χ4n) is 1.97. The molecule has 0 saturated carbocycles. The third-order valence-corrected chi connectivity index (χ3v) is 4.32. The highest BCUT2D eigenvalue weighted by atomic mass is 79.9.